The van der Waals surface area contributed by atoms with E-state index in [0.29, 0.717) is 17.0 Å². The number of quaternary nitrogens is 1. The molecule has 1 amide bonds. The minimum Gasteiger partial charge on any atom is -1.00 e. The van der Waals surface area contributed by atoms with Crippen molar-refractivity contribution in [1.82, 2.24) is 5.32 Å². The summed E-state index contributed by atoms with van der Waals surface area (Å²) in [6, 6.07) is 11.8. The highest BCUT2D eigenvalue weighted by molar-refractivity contribution is 5.68. The van der Waals surface area contributed by atoms with E-state index >= 15 is 0 Å². The number of carbonyl (C=O) groups excluding carboxylic acids is 1. The molecule has 3 fully saturated rings. The fourth-order valence-electron chi connectivity index (χ4n) is 5.04. The smallest absolute Gasteiger partial charge is 0.408 e. The normalized spacial score (nSPS) is 23.5. The number of hydrogen-bond acceptors (Lipinski definition) is 2. The van der Waals surface area contributed by atoms with Gasteiger partial charge in [-0.1, -0.05) is 29.8 Å². The van der Waals surface area contributed by atoms with Crippen LogP contribution in [0.4, 0.5) is 13.6 Å². The molecular weight excluding hydrogens is 490 g/mol. The van der Waals surface area contributed by atoms with E-state index in [1.165, 1.54) is 29.8 Å². The van der Waals surface area contributed by atoms with Gasteiger partial charge in [0.2, 0.25) is 0 Å². The quantitative estimate of drug-likeness (QED) is 0.469. The predicted octanol–water partition coefficient (Wildman–Crippen LogP) is 2.36. The van der Waals surface area contributed by atoms with Crippen molar-refractivity contribution in [3.63, 3.8) is 0 Å². The Morgan fingerprint density at radius 1 is 1.09 bits per heavy atom. The van der Waals surface area contributed by atoms with E-state index in [0.717, 1.165) is 43.5 Å². The lowest BCUT2D eigenvalue weighted by Crippen LogP contribution is -3.00. The molecule has 0 spiro atoms. The Bertz CT molecular complexity index is 956. The molecule has 1 atom stereocenters. The summed E-state index contributed by atoms with van der Waals surface area (Å²) in [7, 11) is 0. The average Bonchev–Trinajstić information content (AvgIpc) is 2.77. The minimum absolute atomic E-state index is 0. The molecule has 0 aromatic heterocycles. The number of allylic oxidation sites excluding steroid dienone is 1. The molecule has 178 valence electrons. The van der Waals surface area contributed by atoms with Gasteiger partial charge in [-0.25, -0.2) is 13.6 Å². The first-order chi connectivity index (χ1) is 15.3. The fraction of sp³-hybridized carbons (Fsp3) is 0.423. The van der Waals surface area contributed by atoms with Crippen molar-refractivity contribution >= 4 is 6.09 Å². The minimum atomic E-state index is -0.892. The second kappa shape index (κ2) is 10.8. The van der Waals surface area contributed by atoms with Gasteiger partial charge in [0.05, 0.1) is 32.2 Å². The molecule has 0 saturated carbocycles. The van der Waals surface area contributed by atoms with Gasteiger partial charge < -0.3 is 31.5 Å². The molecule has 33 heavy (non-hydrogen) atoms. The average molecular weight is 521 g/mol. The molecule has 5 rings (SSSR count). The maximum atomic E-state index is 13.9. The summed E-state index contributed by atoms with van der Waals surface area (Å²) in [5, 5.41) is 3.08. The third-order valence-corrected chi connectivity index (χ3v) is 6.82. The van der Waals surface area contributed by atoms with Crippen LogP contribution in [-0.2, 0) is 4.74 Å². The van der Waals surface area contributed by atoms with E-state index in [1.54, 1.807) is 24.3 Å². The Balaban J connectivity index is 0.00000306. The van der Waals surface area contributed by atoms with Crippen LogP contribution in [0.15, 0.2) is 60.2 Å². The molecule has 2 bridgehead atoms. The second-order valence-electron chi connectivity index (χ2n) is 9.42. The predicted molar refractivity (Wildman–Crippen MR) is 120 cm³/mol. The van der Waals surface area contributed by atoms with Crippen molar-refractivity contribution in [2.75, 3.05) is 26.2 Å². The summed E-state index contributed by atoms with van der Waals surface area (Å²) in [5.74, 6) is -0.428. The van der Waals surface area contributed by atoms with Gasteiger partial charge >= 0.3 is 6.09 Å². The van der Waals surface area contributed by atoms with Crippen LogP contribution in [0, 0.1) is 17.6 Å². The Hall–Kier alpha value is -2.25. The number of fused-ring (bicyclic) bond motifs is 3. The lowest BCUT2D eigenvalue weighted by Gasteiger charge is -2.52. The molecule has 3 aliphatic heterocycles. The van der Waals surface area contributed by atoms with E-state index in [-0.39, 0.29) is 23.0 Å². The monoisotopic (exact) mass is 520 g/mol. The maximum Gasteiger partial charge on any atom is 0.408 e. The number of alkyl carbamates (subject to hydrolysis) is 1. The summed E-state index contributed by atoms with van der Waals surface area (Å²) in [6.45, 7) is 8.36. The number of ether oxygens (including phenoxy) is 1. The molecule has 0 radical (unpaired) electrons. The van der Waals surface area contributed by atoms with Crippen molar-refractivity contribution in [2.24, 2.45) is 5.92 Å². The zero-order valence-corrected chi connectivity index (χ0v) is 20.7. The maximum absolute atomic E-state index is 13.9. The lowest BCUT2D eigenvalue weighted by atomic mass is 9.81. The number of benzene rings is 2. The van der Waals surface area contributed by atoms with Crippen molar-refractivity contribution in [1.29, 1.82) is 0 Å². The van der Waals surface area contributed by atoms with Crippen LogP contribution in [0.2, 0.25) is 0 Å². The zero-order chi connectivity index (χ0) is 22.7. The van der Waals surface area contributed by atoms with Crippen molar-refractivity contribution < 1.29 is 39.8 Å². The number of amides is 1. The Morgan fingerprint density at radius 2 is 1.67 bits per heavy atom. The molecule has 7 heteroatoms. The third-order valence-electron chi connectivity index (χ3n) is 6.82. The molecular formula is C26H31BrF2N2O2. The molecule has 3 heterocycles. The highest BCUT2D eigenvalue weighted by Crippen LogP contribution is 2.34. The number of nitrogens with zero attached hydrogens (tertiary/aromatic N) is 1. The van der Waals surface area contributed by atoms with Gasteiger partial charge in [-0.2, -0.15) is 0 Å². The Labute approximate surface area is 205 Å². The van der Waals surface area contributed by atoms with Crippen LogP contribution in [0.1, 0.15) is 43.9 Å². The first-order valence-corrected chi connectivity index (χ1v) is 11.3. The highest BCUT2D eigenvalue weighted by Gasteiger charge is 2.46. The third kappa shape index (κ3) is 6.21. The number of hydrogen-bond donors (Lipinski definition) is 1. The van der Waals surface area contributed by atoms with Crippen molar-refractivity contribution in [2.45, 2.75) is 38.8 Å². The fourth-order valence-corrected chi connectivity index (χ4v) is 5.04. The first kappa shape index (κ1) is 25.4. The number of carbonyl (C=O) groups is 1. The second-order valence-corrected chi connectivity index (χ2v) is 9.42. The number of halogens is 3. The first-order valence-electron chi connectivity index (χ1n) is 11.3. The van der Waals surface area contributed by atoms with E-state index in [1.807, 2.05) is 0 Å². The van der Waals surface area contributed by atoms with E-state index in [9.17, 15) is 13.6 Å². The molecule has 0 unspecified atom stereocenters. The molecule has 2 aromatic carbocycles. The van der Waals surface area contributed by atoms with Crippen molar-refractivity contribution in [3.05, 3.63) is 82.9 Å². The number of rotatable bonds is 6. The number of nitrogens with one attached hydrogen (secondary N) is 1. The standard InChI is InChI=1S/C26H30F2N2O2.BrH/c1-18(2)9-12-30-13-10-19(11-14-30)24(17-30)29-26(31)32-25(20-5-3-7-22(27)15-20)21-6-4-8-23(28)16-21;/h3-9,15-16,19,24-25H,10-14,17H2,1-2H3;1H/t19?,24-,30?;/m0./s1. The highest BCUT2D eigenvalue weighted by atomic mass is 79.9. The van der Waals surface area contributed by atoms with Gasteiger partial charge in [-0.3, -0.25) is 0 Å². The largest absolute Gasteiger partial charge is 1.00 e. The molecule has 1 N–H and O–H groups in total. The lowest BCUT2D eigenvalue weighted by molar-refractivity contribution is -0.938. The van der Waals surface area contributed by atoms with Crippen molar-refractivity contribution in [3.8, 4) is 0 Å². The molecule has 0 aliphatic carbocycles. The van der Waals surface area contributed by atoms with E-state index in [4.69, 9.17) is 4.74 Å². The summed E-state index contributed by atoms with van der Waals surface area (Å²) in [6.07, 6.45) is 3.00. The molecule has 3 aliphatic rings. The van der Waals surface area contributed by atoms with E-state index < -0.39 is 23.8 Å². The van der Waals surface area contributed by atoms with Crippen LogP contribution in [0.25, 0.3) is 0 Å². The van der Waals surface area contributed by atoms with Crippen LogP contribution >= 0.6 is 0 Å². The zero-order valence-electron chi connectivity index (χ0n) is 19.1. The van der Waals surface area contributed by atoms with Gasteiger partial charge in [-0.15, -0.1) is 0 Å². The topological polar surface area (TPSA) is 38.3 Å². The summed E-state index contributed by atoms with van der Waals surface area (Å²) < 4.78 is 34.5. The van der Waals surface area contributed by atoms with Crippen LogP contribution in [0.5, 0.6) is 0 Å². The van der Waals surface area contributed by atoms with Gasteiger partial charge in [0.1, 0.15) is 11.6 Å². The van der Waals surface area contributed by atoms with Crippen LogP contribution in [-0.4, -0.2) is 42.8 Å². The van der Waals surface area contributed by atoms with Gasteiger partial charge in [0, 0.05) is 12.8 Å². The van der Waals surface area contributed by atoms with Crippen LogP contribution in [0.3, 0.4) is 0 Å². The number of piperidine rings is 3. The van der Waals surface area contributed by atoms with Gasteiger partial charge in [-0.05, 0) is 61.2 Å². The van der Waals surface area contributed by atoms with Gasteiger partial charge in [0.15, 0.2) is 6.10 Å². The Morgan fingerprint density at radius 3 is 2.18 bits per heavy atom. The van der Waals surface area contributed by atoms with Crippen LogP contribution < -0.4 is 22.3 Å². The summed E-state index contributed by atoms with van der Waals surface area (Å²) >= 11 is 0. The molecule has 3 saturated heterocycles. The van der Waals surface area contributed by atoms with E-state index in [2.05, 4.69) is 25.2 Å². The Kier molecular flexibility index (Phi) is 8.29. The van der Waals surface area contributed by atoms with Gasteiger partial charge in [0.25, 0.3) is 0 Å². The SMILES string of the molecule is CC(C)=CC[N+]12CCC(CC1)[C@@H](NC(=O)OC(c1cccc(F)c1)c1cccc(F)c1)C2.[Br-]. The molecule has 4 nitrogen and oxygen atoms in total. The molecule has 2 aromatic rings. The summed E-state index contributed by atoms with van der Waals surface area (Å²) in [5.41, 5.74) is 2.24. The summed E-state index contributed by atoms with van der Waals surface area (Å²) in [4.78, 5) is 12.9.